The Bertz CT molecular complexity index is 571. The third kappa shape index (κ3) is 3.32. The average Bonchev–Trinajstić information content (AvgIpc) is 2.49. The molecule has 104 valence electrons. The van der Waals surface area contributed by atoms with Crippen LogP contribution in [0.4, 0.5) is 5.69 Å². The van der Waals surface area contributed by atoms with Gasteiger partial charge in [0.25, 0.3) is 5.91 Å². The lowest BCUT2D eigenvalue weighted by molar-refractivity contribution is 0.0939. The molecule has 1 amide bonds. The van der Waals surface area contributed by atoms with Crippen LogP contribution >= 0.6 is 0 Å². The Morgan fingerprint density at radius 3 is 2.85 bits per heavy atom. The van der Waals surface area contributed by atoms with Crippen LogP contribution in [0.25, 0.3) is 0 Å². The maximum Gasteiger partial charge on any atom is 0.255 e. The van der Waals surface area contributed by atoms with Gasteiger partial charge in [0, 0.05) is 25.1 Å². The lowest BCUT2D eigenvalue weighted by Crippen LogP contribution is -2.28. The summed E-state index contributed by atoms with van der Waals surface area (Å²) in [6, 6.07) is 7.28. The van der Waals surface area contributed by atoms with E-state index in [1.54, 1.807) is 24.7 Å². The van der Waals surface area contributed by atoms with Crippen molar-refractivity contribution in [3.63, 3.8) is 0 Å². The van der Waals surface area contributed by atoms with Crippen molar-refractivity contribution >= 4 is 11.6 Å². The molecule has 0 spiro atoms. The molecule has 0 aliphatic carbocycles. The van der Waals surface area contributed by atoms with Crippen molar-refractivity contribution in [3.05, 3.63) is 54.1 Å². The smallest absolute Gasteiger partial charge is 0.255 e. The number of anilines is 1. The molecule has 1 unspecified atom stereocenters. The zero-order valence-electron chi connectivity index (χ0n) is 11.6. The summed E-state index contributed by atoms with van der Waals surface area (Å²) in [5.74, 6) is -0.160. The molecule has 1 atom stereocenters. The molecule has 0 aliphatic rings. The van der Waals surface area contributed by atoms with Crippen LogP contribution in [-0.4, -0.2) is 22.4 Å². The lowest BCUT2D eigenvalue weighted by atomic mass is 10.1. The largest absolute Gasteiger partial charge is 0.385 e. The van der Waals surface area contributed by atoms with Crippen LogP contribution in [0.1, 0.15) is 35.9 Å². The quantitative estimate of drug-likeness (QED) is 0.875. The fraction of sp³-hybridized carbons (Fsp3) is 0.267. The predicted molar refractivity (Wildman–Crippen MR) is 78.5 cm³/mol. The van der Waals surface area contributed by atoms with Gasteiger partial charge in [0.1, 0.15) is 0 Å². The maximum absolute atomic E-state index is 12.3. The molecule has 0 saturated heterocycles. The third-order valence-corrected chi connectivity index (χ3v) is 2.91. The predicted octanol–water partition coefficient (Wildman–Crippen LogP) is 2.40. The zero-order chi connectivity index (χ0) is 14.4. The minimum Gasteiger partial charge on any atom is -0.385 e. The summed E-state index contributed by atoms with van der Waals surface area (Å²) >= 11 is 0. The molecule has 2 N–H and O–H groups in total. The van der Waals surface area contributed by atoms with Crippen LogP contribution in [0.3, 0.4) is 0 Å². The van der Waals surface area contributed by atoms with Gasteiger partial charge < -0.3 is 10.6 Å². The normalized spacial score (nSPS) is 11.7. The highest BCUT2D eigenvalue weighted by atomic mass is 16.1. The standard InChI is InChI=1S/C15H18N4O/c1-3-17-14-7-9-16-10-12(14)15(20)19-11(2)13-6-4-5-8-18-13/h4-11H,3H2,1-2H3,(H,16,17)(H,19,20). The highest BCUT2D eigenvalue weighted by Gasteiger charge is 2.15. The van der Waals surface area contributed by atoms with Crippen LogP contribution in [0.2, 0.25) is 0 Å². The Hall–Kier alpha value is -2.43. The van der Waals surface area contributed by atoms with Crippen LogP contribution < -0.4 is 10.6 Å². The van der Waals surface area contributed by atoms with Crippen LogP contribution in [-0.2, 0) is 0 Å². The summed E-state index contributed by atoms with van der Waals surface area (Å²) in [7, 11) is 0. The molecule has 0 saturated carbocycles. The molecule has 0 aromatic carbocycles. The van der Waals surface area contributed by atoms with Gasteiger partial charge in [-0.1, -0.05) is 6.07 Å². The summed E-state index contributed by atoms with van der Waals surface area (Å²) in [6.07, 6.45) is 4.95. The summed E-state index contributed by atoms with van der Waals surface area (Å²) in [5.41, 5.74) is 2.15. The molecule has 2 aromatic heterocycles. The molecule has 2 rings (SSSR count). The van der Waals surface area contributed by atoms with E-state index < -0.39 is 0 Å². The van der Waals surface area contributed by atoms with Gasteiger partial charge in [-0.3, -0.25) is 14.8 Å². The first-order chi connectivity index (χ1) is 9.72. The number of hydrogen-bond acceptors (Lipinski definition) is 4. The molecule has 0 radical (unpaired) electrons. The van der Waals surface area contributed by atoms with Crippen molar-refractivity contribution in [2.24, 2.45) is 0 Å². The second kappa shape index (κ2) is 6.65. The van der Waals surface area contributed by atoms with Gasteiger partial charge in [-0.2, -0.15) is 0 Å². The number of amides is 1. The van der Waals surface area contributed by atoms with Gasteiger partial charge in [0.2, 0.25) is 0 Å². The summed E-state index contributed by atoms with van der Waals surface area (Å²) in [6.45, 7) is 4.64. The van der Waals surface area contributed by atoms with Gasteiger partial charge >= 0.3 is 0 Å². The van der Waals surface area contributed by atoms with E-state index in [1.807, 2.05) is 32.0 Å². The second-order valence-corrected chi connectivity index (χ2v) is 4.40. The van der Waals surface area contributed by atoms with Gasteiger partial charge in [0.15, 0.2) is 0 Å². The van der Waals surface area contributed by atoms with Crippen LogP contribution in [0.15, 0.2) is 42.9 Å². The summed E-state index contributed by atoms with van der Waals surface area (Å²) < 4.78 is 0. The van der Waals surface area contributed by atoms with Crippen molar-refractivity contribution in [1.29, 1.82) is 0 Å². The van der Waals surface area contributed by atoms with E-state index in [1.165, 1.54) is 0 Å². The first-order valence-corrected chi connectivity index (χ1v) is 6.62. The first kappa shape index (κ1) is 14.0. The van der Waals surface area contributed by atoms with E-state index in [0.29, 0.717) is 5.56 Å². The minimum atomic E-state index is -0.160. The monoisotopic (exact) mass is 270 g/mol. The molecule has 5 nitrogen and oxygen atoms in total. The molecule has 0 bridgehead atoms. The number of nitrogens with zero attached hydrogens (tertiary/aromatic N) is 2. The van der Waals surface area contributed by atoms with Crippen molar-refractivity contribution in [2.75, 3.05) is 11.9 Å². The highest BCUT2D eigenvalue weighted by Crippen LogP contribution is 2.15. The summed E-state index contributed by atoms with van der Waals surface area (Å²) in [4.78, 5) is 20.6. The van der Waals surface area contributed by atoms with Gasteiger partial charge in [-0.05, 0) is 32.0 Å². The molecular formula is C15H18N4O. The fourth-order valence-electron chi connectivity index (χ4n) is 1.90. The van der Waals surface area contributed by atoms with E-state index in [2.05, 4.69) is 20.6 Å². The molecule has 2 aromatic rings. The highest BCUT2D eigenvalue weighted by molar-refractivity contribution is 5.99. The zero-order valence-corrected chi connectivity index (χ0v) is 11.6. The molecular weight excluding hydrogens is 252 g/mol. The maximum atomic E-state index is 12.3. The number of carbonyl (C=O) groups excluding carboxylic acids is 1. The number of pyridine rings is 2. The molecule has 20 heavy (non-hydrogen) atoms. The first-order valence-electron chi connectivity index (χ1n) is 6.62. The van der Waals surface area contributed by atoms with Crippen molar-refractivity contribution in [3.8, 4) is 0 Å². The number of aromatic nitrogens is 2. The Balaban J connectivity index is 2.12. The lowest BCUT2D eigenvalue weighted by Gasteiger charge is -2.15. The van der Waals surface area contributed by atoms with Gasteiger partial charge in [-0.15, -0.1) is 0 Å². The Labute approximate surface area is 118 Å². The van der Waals surface area contributed by atoms with E-state index in [4.69, 9.17) is 0 Å². The molecule has 0 aliphatic heterocycles. The second-order valence-electron chi connectivity index (χ2n) is 4.40. The van der Waals surface area contributed by atoms with E-state index in [9.17, 15) is 4.79 Å². The Morgan fingerprint density at radius 2 is 2.15 bits per heavy atom. The summed E-state index contributed by atoms with van der Waals surface area (Å²) in [5, 5.41) is 6.08. The van der Waals surface area contributed by atoms with E-state index in [0.717, 1.165) is 17.9 Å². The van der Waals surface area contributed by atoms with Crippen molar-refractivity contribution < 1.29 is 4.79 Å². The molecule has 5 heteroatoms. The van der Waals surface area contributed by atoms with E-state index in [-0.39, 0.29) is 11.9 Å². The topological polar surface area (TPSA) is 66.9 Å². The third-order valence-electron chi connectivity index (χ3n) is 2.91. The number of nitrogens with one attached hydrogen (secondary N) is 2. The molecule has 0 fully saturated rings. The number of carbonyl (C=O) groups is 1. The van der Waals surface area contributed by atoms with Crippen LogP contribution in [0, 0.1) is 0 Å². The average molecular weight is 270 g/mol. The Morgan fingerprint density at radius 1 is 1.30 bits per heavy atom. The van der Waals surface area contributed by atoms with Gasteiger partial charge in [0.05, 0.1) is 23.0 Å². The number of hydrogen-bond donors (Lipinski definition) is 2. The fourth-order valence-corrected chi connectivity index (χ4v) is 1.90. The van der Waals surface area contributed by atoms with Crippen molar-refractivity contribution in [1.82, 2.24) is 15.3 Å². The number of rotatable bonds is 5. The SMILES string of the molecule is CCNc1ccncc1C(=O)NC(C)c1ccccn1. The minimum absolute atomic E-state index is 0.154. The van der Waals surface area contributed by atoms with Crippen molar-refractivity contribution in [2.45, 2.75) is 19.9 Å². The van der Waals surface area contributed by atoms with Gasteiger partial charge in [-0.25, -0.2) is 0 Å². The Kier molecular flexibility index (Phi) is 4.65. The van der Waals surface area contributed by atoms with Crippen LogP contribution in [0.5, 0.6) is 0 Å². The molecule has 2 heterocycles. The van der Waals surface area contributed by atoms with E-state index >= 15 is 0 Å².